The first-order valence-corrected chi connectivity index (χ1v) is 11.8. The Morgan fingerprint density at radius 1 is 0.970 bits per heavy atom. The minimum atomic E-state index is -0.186. The molecule has 0 saturated carbocycles. The molecule has 2 aliphatic heterocycles. The van der Waals surface area contributed by atoms with Crippen molar-refractivity contribution in [2.45, 2.75) is 11.8 Å². The molecule has 1 fully saturated rings. The van der Waals surface area contributed by atoms with Crippen molar-refractivity contribution in [1.82, 2.24) is 0 Å². The first-order chi connectivity index (χ1) is 15.9. The number of thioether (sulfide) groups is 2. The van der Waals surface area contributed by atoms with Crippen molar-refractivity contribution in [3.05, 3.63) is 88.3 Å². The molecule has 3 aromatic carbocycles. The predicted octanol–water partition coefficient (Wildman–Crippen LogP) is 5.77. The van der Waals surface area contributed by atoms with Crippen molar-refractivity contribution in [1.29, 1.82) is 0 Å². The Labute approximate surface area is 199 Å². The third kappa shape index (κ3) is 3.92. The molecular formula is C25H19N3O3S2. The van der Waals surface area contributed by atoms with Gasteiger partial charge in [-0.3, -0.25) is 14.5 Å². The van der Waals surface area contributed by atoms with Gasteiger partial charge in [0.1, 0.15) is 10.7 Å². The summed E-state index contributed by atoms with van der Waals surface area (Å²) in [4.78, 5) is 35.4. The number of hydrogen-bond acceptors (Lipinski definition) is 7. The van der Waals surface area contributed by atoms with Crippen LogP contribution in [0.5, 0.6) is 5.75 Å². The van der Waals surface area contributed by atoms with Gasteiger partial charge in [-0.2, -0.15) is 0 Å². The summed E-state index contributed by atoms with van der Waals surface area (Å²) in [6.45, 7) is 1.51. The molecule has 1 amide bonds. The van der Waals surface area contributed by atoms with Crippen LogP contribution < -0.4 is 9.80 Å². The maximum absolute atomic E-state index is 13.7. The lowest BCUT2D eigenvalue weighted by molar-refractivity contribution is -0.113. The van der Waals surface area contributed by atoms with Crippen molar-refractivity contribution in [3.8, 4) is 5.75 Å². The fourth-order valence-corrected chi connectivity index (χ4v) is 5.96. The lowest BCUT2D eigenvalue weighted by atomic mass is 10.1. The van der Waals surface area contributed by atoms with Crippen LogP contribution in [0.25, 0.3) is 0 Å². The second kappa shape index (κ2) is 8.46. The molecule has 0 unspecified atom stereocenters. The van der Waals surface area contributed by atoms with Crippen LogP contribution in [0, 0.1) is 0 Å². The van der Waals surface area contributed by atoms with Gasteiger partial charge >= 0.3 is 0 Å². The second-order valence-electron chi connectivity index (χ2n) is 7.52. The lowest BCUT2D eigenvalue weighted by Gasteiger charge is -2.17. The van der Waals surface area contributed by atoms with Crippen LogP contribution >= 0.6 is 23.5 Å². The molecular weight excluding hydrogens is 454 g/mol. The van der Waals surface area contributed by atoms with Crippen LogP contribution in [0.4, 0.5) is 17.1 Å². The number of carbonyl (C=O) groups excluding carboxylic acids is 2. The van der Waals surface area contributed by atoms with Gasteiger partial charge in [-0.1, -0.05) is 36.0 Å². The van der Waals surface area contributed by atoms with E-state index in [-0.39, 0.29) is 17.4 Å². The fourth-order valence-electron chi connectivity index (χ4n) is 3.61. The number of phenolic OH excluding ortho intramolecular Hbond substituents is 1. The number of fused-ring (bicyclic) bond motifs is 1. The minimum Gasteiger partial charge on any atom is -0.508 e. The smallest absolute Gasteiger partial charge is 0.274 e. The summed E-state index contributed by atoms with van der Waals surface area (Å²) < 4.78 is 0. The van der Waals surface area contributed by atoms with Crippen LogP contribution in [-0.2, 0) is 4.79 Å². The van der Waals surface area contributed by atoms with Crippen LogP contribution in [0.2, 0.25) is 0 Å². The highest BCUT2D eigenvalue weighted by Gasteiger charge is 2.40. The van der Waals surface area contributed by atoms with Crippen LogP contribution in [0.3, 0.4) is 0 Å². The Kier molecular flexibility index (Phi) is 5.47. The average Bonchev–Trinajstić information content (AvgIpc) is 3.31. The quantitative estimate of drug-likeness (QED) is 0.384. The summed E-state index contributed by atoms with van der Waals surface area (Å²) in [5.74, 6) is -0.118. The van der Waals surface area contributed by atoms with Gasteiger partial charge in [0.2, 0.25) is 0 Å². The molecule has 0 aliphatic carbocycles. The topological polar surface area (TPSA) is 73.2 Å². The number of aliphatic imine (C=N–C) groups is 1. The number of anilines is 2. The Morgan fingerprint density at radius 3 is 2.45 bits per heavy atom. The van der Waals surface area contributed by atoms with E-state index in [1.807, 2.05) is 36.2 Å². The number of amidine groups is 1. The van der Waals surface area contributed by atoms with E-state index in [1.54, 1.807) is 65.2 Å². The third-order valence-electron chi connectivity index (χ3n) is 5.30. The van der Waals surface area contributed by atoms with Gasteiger partial charge in [0, 0.05) is 17.5 Å². The molecule has 0 aromatic heterocycles. The van der Waals surface area contributed by atoms with Gasteiger partial charge in [0.15, 0.2) is 11.0 Å². The predicted molar refractivity (Wildman–Crippen MR) is 134 cm³/mol. The molecule has 164 valence electrons. The van der Waals surface area contributed by atoms with E-state index in [0.717, 1.165) is 15.6 Å². The molecule has 2 heterocycles. The molecule has 0 spiro atoms. The van der Waals surface area contributed by atoms with Gasteiger partial charge in [0.05, 0.1) is 22.1 Å². The van der Waals surface area contributed by atoms with Gasteiger partial charge in [-0.25, -0.2) is 4.99 Å². The van der Waals surface area contributed by atoms with Gasteiger partial charge in [0.25, 0.3) is 5.91 Å². The molecule has 5 rings (SSSR count). The third-order valence-corrected chi connectivity index (χ3v) is 7.69. The van der Waals surface area contributed by atoms with Crippen LogP contribution in [0.1, 0.15) is 17.3 Å². The molecule has 8 heteroatoms. The Hall–Kier alpha value is -3.49. The zero-order valence-electron chi connectivity index (χ0n) is 17.9. The largest absolute Gasteiger partial charge is 0.508 e. The summed E-state index contributed by atoms with van der Waals surface area (Å²) in [5, 5.41) is 11.0. The molecule has 33 heavy (non-hydrogen) atoms. The minimum absolute atomic E-state index is 0.0489. The Balaban J connectivity index is 1.61. The number of aromatic hydroxyl groups is 1. The summed E-state index contributed by atoms with van der Waals surface area (Å²) >= 11 is 2.86. The fraction of sp³-hybridized carbons (Fsp3) is 0.0800. The van der Waals surface area contributed by atoms with Crippen molar-refractivity contribution < 1.29 is 14.7 Å². The van der Waals surface area contributed by atoms with Crippen molar-refractivity contribution in [3.63, 3.8) is 0 Å². The summed E-state index contributed by atoms with van der Waals surface area (Å²) in [6, 6.07) is 21.5. The highest BCUT2D eigenvalue weighted by molar-refractivity contribution is 8.20. The van der Waals surface area contributed by atoms with E-state index in [2.05, 4.69) is 0 Å². The maximum Gasteiger partial charge on any atom is 0.274 e. The first kappa shape index (κ1) is 21.4. The zero-order chi connectivity index (χ0) is 23.1. The lowest BCUT2D eigenvalue weighted by Crippen LogP contribution is -2.29. The number of ketones is 1. The van der Waals surface area contributed by atoms with E-state index < -0.39 is 0 Å². The number of amides is 1. The van der Waals surface area contributed by atoms with Crippen LogP contribution in [-0.4, -0.2) is 29.0 Å². The SMILES string of the molecule is CC(=O)c1cccc(N=C2S/C(=C3\Sc4ccccc4N3C)C(=O)N2c2ccc(O)cc2)c1. The van der Waals surface area contributed by atoms with Gasteiger partial charge in [-0.05, 0) is 67.2 Å². The van der Waals surface area contributed by atoms with Crippen molar-refractivity contribution in [2.24, 2.45) is 4.99 Å². The number of hydrogen-bond donors (Lipinski definition) is 1. The van der Waals surface area contributed by atoms with Crippen molar-refractivity contribution >= 4 is 57.4 Å². The van der Waals surface area contributed by atoms with Crippen LogP contribution in [0.15, 0.2) is 92.6 Å². The number of carbonyl (C=O) groups is 2. The summed E-state index contributed by atoms with van der Waals surface area (Å²) in [5.41, 5.74) is 2.80. The second-order valence-corrected chi connectivity index (χ2v) is 9.53. The Bertz CT molecular complexity index is 1350. The first-order valence-electron chi connectivity index (χ1n) is 10.2. The van der Waals surface area contributed by atoms with E-state index >= 15 is 0 Å². The number of benzene rings is 3. The van der Waals surface area contributed by atoms with E-state index in [9.17, 15) is 14.7 Å². The molecule has 6 nitrogen and oxygen atoms in total. The molecule has 2 aliphatic rings. The number of phenols is 1. The monoisotopic (exact) mass is 473 g/mol. The van der Waals surface area contributed by atoms with Gasteiger partial charge in [-0.15, -0.1) is 0 Å². The molecule has 0 bridgehead atoms. The highest BCUT2D eigenvalue weighted by atomic mass is 32.2. The maximum atomic E-state index is 13.7. The van der Waals surface area contributed by atoms with E-state index in [4.69, 9.17) is 4.99 Å². The molecule has 3 aromatic rings. The normalized spacial score (nSPS) is 18.8. The number of Topliss-reactive ketones (excluding diaryl/α,β-unsaturated/α-hetero) is 1. The van der Waals surface area contributed by atoms with E-state index in [0.29, 0.717) is 27.0 Å². The number of nitrogens with zero attached hydrogens (tertiary/aromatic N) is 3. The zero-order valence-corrected chi connectivity index (χ0v) is 19.5. The van der Waals surface area contributed by atoms with Gasteiger partial charge < -0.3 is 10.0 Å². The molecule has 0 radical (unpaired) electrons. The standard InChI is InChI=1S/C25H19N3O3S2/c1-15(29)16-6-5-7-17(14-16)26-25-28(18-10-12-19(30)13-11-18)23(31)22(33-25)24-27(2)20-8-3-4-9-21(20)32-24/h3-14,30H,1-2H3/b24-22-,26-25?. The Morgan fingerprint density at radius 2 is 1.73 bits per heavy atom. The number of para-hydroxylation sites is 1. The summed E-state index contributed by atoms with van der Waals surface area (Å²) in [7, 11) is 1.95. The molecule has 1 saturated heterocycles. The average molecular weight is 474 g/mol. The molecule has 0 atom stereocenters. The highest BCUT2D eigenvalue weighted by Crippen LogP contribution is 2.50. The molecule has 1 N–H and O–H groups in total. The van der Waals surface area contributed by atoms with E-state index in [1.165, 1.54) is 18.7 Å². The summed E-state index contributed by atoms with van der Waals surface area (Å²) in [6.07, 6.45) is 0. The van der Waals surface area contributed by atoms with Crippen molar-refractivity contribution in [2.75, 3.05) is 16.8 Å². The number of rotatable bonds is 3.